The Balaban J connectivity index is 3.17. The van der Waals surface area contributed by atoms with Gasteiger partial charge in [0.05, 0.1) is 5.25 Å². The molecule has 0 fully saturated rings. The fourth-order valence-electron chi connectivity index (χ4n) is 0.697. The van der Waals surface area contributed by atoms with E-state index in [2.05, 4.69) is 10.2 Å². The fraction of sp³-hybridized carbons (Fsp3) is 0.429. The van der Waals surface area contributed by atoms with Gasteiger partial charge in [-0.05, 0) is 48.6 Å². The molecule has 0 aliphatic carbocycles. The van der Waals surface area contributed by atoms with Gasteiger partial charge in [0.2, 0.25) is 0 Å². The number of aromatic nitrogens is 2. The Morgan fingerprint density at radius 3 is 2.31 bits per heavy atom. The molecular weight excluding hydrogens is 303 g/mol. The van der Waals surface area contributed by atoms with Crippen LogP contribution in [0.1, 0.15) is 13.8 Å². The zero-order valence-electron chi connectivity index (χ0n) is 7.23. The molecule has 0 aliphatic heterocycles. The van der Waals surface area contributed by atoms with Crippen LogP contribution in [0.15, 0.2) is 17.2 Å². The van der Waals surface area contributed by atoms with E-state index in [0.29, 0.717) is 3.70 Å². The van der Waals surface area contributed by atoms with Crippen molar-refractivity contribution in [1.29, 1.82) is 0 Å². The summed E-state index contributed by atoms with van der Waals surface area (Å²) in [5.41, 5.74) is 0. The van der Waals surface area contributed by atoms with Crippen molar-refractivity contribution in [2.75, 3.05) is 0 Å². The van der Waals surface area contributed by atoms with E-state index in [1.54, 1.807) is 19.9 Å². The molecule has 0 amide bonds. The highest BCUT2D eigenvalue weighted by molar-refractivity contribution is 14.1. The van der Waals surface area contributed by atoms with Crippen molar-refractivity contribution in [3.05, 3.63) is 15.8 Å². The van der Waals surface area contributed by atoms with Crippen molar-refractivity contribution in [2.45, 2.75) is 24.1 Å². The van der Waals surface area contributed by atoms with Gasteiger partial charge < -0.3 is 0 Å². The summed E-state index contributed by atoms with van der Waals surface area (Å²) >= 11 is 1.97. The quantitative estimate of drug-likeness (QED) is 0.772. The minimum Gasteiger partial charge on any atom is -0.222 e. The van der Waals surface area contributed by atoms with Gasteiger partial charge in [0.1, 0.15) is 3.70 Å². The highest BCUT2D eigenvalue weighted by Crippen LogP contribution is 2.12. The van der Waals surface area contributed by atoms with Crippen LogP contribution in [-0.4, -0.2) is 23.9 Å². The minimum absolute atomic E-state index is 0.0444. The predicted molar refractivity (Wildman–Crippen MR) is 57.1 cm³/mol. The molecule has 4 nitrogen and oxygen atoms in total. The van der Waals surface area contributed by atoms with E-state index in [1.165, 1.54) is 6.07 Å². The van der Waals surface area contributed by atoms with E-state index < -0.39 is 15.1 Å². The maximum Gasteiger partial charge on any atom is 0.199 e. The Labute approximate surface area is 90.8 Å². The molecule has 0 aromatic carbocycles. The zero-order valence-corrected chi connectivity index (χ0v) is 10.2. The Morgan fingerprint density at radius 1 is 1.31 bits per heavy atom. The van der Waals surface area contributed by atoms with Crippen LogP contribution in [0.5, 0.6) is 0 Å². The van der Waals surface area contributed by atoms with E-state index in [9.17, 15) is 8.42 Å². The second-order valence-electron chi connectivity index (χ2n) is 2.79. The molecule has 0 atom stereocenters. The van der Waals surface area contributed by atoms with Crippen molar-refractivity contribution in [3.8, 4) is 0 Å². The average Bonchev–Trinajstić information content (AvgIpc) is 2.04. The summed E-state index contributed by atoms with van der Waals surface area (Å²) in [6.45, 7) is 3.24. The molecule has 0 saturated heterocycles. The van der Waals surface area contributed by atoms with Crippen LogP contribution in [0.3, 0.4) is 0 Å². The van der Waals surface area contributed by atoms with Crippen molar-refractivity contribution in [1.82, 2.24) is 10.2 Å². The molecule has 1 rings (SSSR count). The maximum atomic E-state index is 11.5. The molecule has 0 radical (unpaired) electrons. The molecule has 0 aliphatic rings. The molecule has 0 unspecified atom stereocenters. The third-order valence-electron chi connectivity index (χ3n) is 1.52. The lowest BCUT2D eigenvalue weighted by atomic mass is 10.6. The van der Waals surface area contributed by atoms with E-state index in [-0.39, 0.29) is 5.03 Å². The molecule has 1 heterocycles. The van der Waals surface area contributed by atoms with Gasteiger partial charge in [-0.15, -0.1) is 10.2 Å². The van der Waals surface area contributed by atoms with E-state index in [1.807, 2.05) is 22.6 Å². The maximum absolute atomic E-state index is 11.5. The Kier molecular flexibility index (Phi) is 3.23. The van der Waals surface area contributed by atoms with Gasteiger partial charge in [0, 0.05) is 0 Å². The molecule has 0 bridgehead atoms. The predicted octanol–water partition coefficient (Wildman–Crippen LogP) is 1.26. The molecule has 0 spiro atoms. The SMILES string of the molecule is CC(C)S(=O)(=O)c1ccc(I)nn1. The van der Waals surface area contributed by atoms with Crippen LogP contribution in [0, 0.1) is 3.70 Å². The first kappa shape index (κ1) is 10.8. The first-order valence-electron chi connectivity index (χ1n) is 3.67. The second-order valence-corrected chi connectivity index (χ2v) is 6.34. The summed E-state index contributed by atoms with van der Waals surface area (Å²) in [5.74, 6) is 0. The van der Waals surface area contributed by atoms with E-state index >= 15 is 0 Å². The number of hydrogen-bond donors (Lipinski definition) is 0. The summed E-state index contributed by atoms with van der Waals surface area (Å²) < 4.78 is 23.8. The monoisotopic (exact) mass is 312 g/mol. The highest BCUT2D eigenvalue weighted by Gasteiger charge is 2.20. The van der Waals surface area contributed by atoms with Crippen molar-refractivity contribution < 1.29 is 8.42 Å². The Hall–Kier alpha value is -0.240. The number of rotatable bonds is 2. The van der Waals surface area contributed by atoms with Crippen LogP contribution in [0.2, 0.25) is 0 Å². The van der Waals surface area contributed by atoms with Crippen molar-refractivity contribution in [2.24, 2.45) is 0 Å². The van der Waals surface area contributed by atoms with Crippen LogP contribution in [0.25, 0.3) is 0 Å². The van der Waals surface area contributed by atoms with Crippen LogP contribution < -0.4 is 0 Å². The van der Waals surface area contributed by atoms with E-state index in [0.717, 1.165) is 0 Å². The number of halogens is 1. The lowest BCUT2D eigenvalue weighted by molar-refractivity contribution is 0.581. The number of hydrogen-bond acceptors (Lipinski definition) is 4. The van der Waals surface area contributed by atoms with Crippen LogP contribution in [0.4, 0.5) is 0 Å². The average molecular weight is 312 g/mol. The molecule has 6 heteroatoms. The van der Waals surface area contributed by atoms with Gasteiger partial charge in [0.15, 0.2) is 14.9 Å². The molecule has 0 saturated carbocycles. The largest absolute Gasteiger partial charge is 0.222 e. The molecule has 1 aromatic heterocycles. The second kappa shape index (κ2) is 3.87. The lowest BCUT2D eigenvalue weighted by Gasteiger charge is -2.04. The van der Waals surface area contributed by atoms with Gasteiger partial charge in [-0.1, -0.05) is 0 Å². The molecule has 1 aromatic rings. The van der Waals surface area contributed by atoms with Crippen molar-refractivity contribution in [3.63, 3.8) is 0 Å². The molecular formula is C7H9IN2O2S. The Bertz CT molecular complexity index is 385. The number of sulfone groups is 1. The topological polar surface area (TPSA) is 59.9 Å². The van der Waals surface area contributed by atoms with Gasteiger partial charge in [-0.25, -0.2) is 8.42 Å². The van der Waals surface area contributed by atoms with Gasteiger partial charge >= 0.3 is 0 Å². The summed E-state index contributed by atoms with van der Waals surface area (Å²) in [6.07, 6.45) is 0. The van der Waals surface area contributed by atoms with E-state index in [4.69, 9.17) is 0 Å². The summed E-state index contributed by atoms with van der Waals surface area (Å²) in [6, 6.07) is 3.10. The Morgan fingerprint density at radius 2 is 1.92 bits per heavy atom. The van der Waals surface area contributed by atoms with Gasteiger partial charge in [0.25, 0.3) is 0 Å². The fourth-order valence-corrected chi connectivity index (χ4v) is 1.88. The molecule has 0 N–H and O–H groups in total. The van der Waals surface area contributed by atoms with Crippen LogP contribution in [-0.2, 0) is 9.84 Å². The standard InChI is InChI=1S/C7H9IN2O2S/c1-5(2)13(11,12)7-4-3-6(8)9-10-7/h3-5H,1-2H3. The highest BCUT2D eigenvalue weighted by atomic mass is 127. The third-order valence-corrected chi connectivity index (χ3v) is 4.14. The normalized spacial score (nSPS) is 12.0. The minimum atomic E-state index is -3.27. The van der Waals surface area contributed by atoms with Gasteiger partial charge in [-0.3, -0.25) is 0 Å². The van der Waals surface area contributed by atoms with Crippen molar-refractivity contribution >= 4 is 32.4 Å². The molecule has 72 valence electrons. The molecule has 13 heavy (non-hydrogen) atoms. The lowest BCUT2D eigenvalue weighted by Crippen LogP contribution is -2.16. The smallest absolute Gasteiger partial charge is 0.199 e. The summed E-state index contributed by atoms with van der Waals surface area (Å²) in [5, 5.41) is 6.90. The third kappa shape index (κ3) is 2.37. The first-order chi connectivity index (χ1) is 5.94. The summed E-state index contributed by atoms with van der Waals surface area (Å²) in [7, 11) is -3.27. The zero-order chi connectivity index (χ0) is 10.1. The number of nitrogens with zero attached hydrogens (tertiary/aromatic N) is 2. The summed E-state index contributed by atoms with van der Waals surface area (Å²) in [4.78, 5) is 0. The van der Waals surface area contributed by atoms with Gasteiger partial charge in [-0.2, -0.15) is 0 Å². The van der Waals surface area contributed by atoms with Crippen LogP contribution >= 0.6 is 22.6 Å². The first-order valence-corrected chi connectivity index (χ1v) is 6.30.